The zero-order chi connectivity index (χ0) is 29.9. The minimum atomic E-state index is 0.989. The van der Waals surface area contributed by atoms with Crippen molar-refractivity contribution in [2.45, 2.75) is 13.8 Å². The molecule has 44 heavy (non-hydrogen) atoms. The van der Waals surface area contributed by atoms with Crippen LogP contribution in [0.5, 0.6) is 0 Å². The standard InChI is InChI=1S/C42H32N2/c1-29-26-33(41-18-7-9-24-43-41)20-22-35(29)39-16-5-3-14-37(39)31-12-11-13-32(28-31)38-15-4-6-17-40(38)36-23-21-34(27-30(36)2)42-19-8-10-25-44-42/h3-28H,1-2H3. The second kappa shape index (κ2) is 11.9. The molecule has 0 radical (unpaired) electrons. The maximum absolute atomic E-state index is 4.55. The quantitative estimate of drug-likeness (QED) is 0.201. The van der Waals surface area contributed by atoms with Crippen molar-refractivity contribution in [2.24, 2.45) is 0 Å². The van der Waals surface area contributed by atoms with E-state index in [-0.39, 0.29) is 0 Å². The molecule has 0 aliphatic rings. The van der Waals surface area contributed by atoms with E-state index in [4.69, 9.17) is 0 Å². The summed E-state index contributed by atoms with van der Waals surface area (Å²) in [6.07, 6.45) is 3.69. The van der Waals surface area contributed by atoms with Crippen molar-refractivity contribution in [1.29, 1.82) is 0 Å². The van der Waals surface area contributed by atoms with Gasteiger partial charge in [-0.25, -0.2) is 0 Å². The summed E-state index contributed by atoms with van der Waals surface area (Å²) in [5.41, 5.74) is 16.4. The number of nitrogens with zero attached hydrogens (tertiary/aromatic N) is 2. The lowest BCUT2D eigenvalue weighted by Crippen LogP contribution is -1.92. The predicted octanol–water partition coefficient (Wildman–Crippen LogP) is 11.1. The molecule has 2 heterocycles. The average molecular weight is 565 g/mol. The zero-order valence-corrected chi connectivity index (χ0v) is 24.9. The van der Waals surface area contributed by atoms with Crippen LogP contribution >= 0.6 is 0 Å². The van der Waals surface area contributed by atoms with Gasteiger partial charge in [0, 0.05) is 23.5 Å². The largest absolute Gasteiger partial charge is 0.256 e. The minimum Gasteiger partial charge on any atom is -0.256 e. The van der Waals surface area contributed by atoms with E-state index < -0.39 is 0 Å². The maximum Gasteiger partial charge on any atom is 0.0702 e. The van der Waals surface area contributed by atoms with Crippen molar-refractivity contribution in [2.75, 3.05) is 0 Å². The highest BCUT2D eigenvalue weighted by atomic mass is 14.7. The Balaban J connectivity index is 1.27. The lowest BCUT2D eigenvalue weighted by Gasteiger charge is -2.16. The molecule has 5 aromatic carbocycles. The Hall–Kier alpha value is -5.60. The van der Waals surface area contributed by atoms with Gasteiger partial charge in [-0.3, -0.25) is 9.97 Å². The smallest absolute Gasteiger partial charge is 0.0702 e. The normalized spacial score (nSPS) is 11.0. The molecule has 0 bridgehead atoms. The highest BCUT2D eigenvalue weighted by molar-refractivity contribution is 5.90. The summed E-state index contributed by atoms with van der Waals surface area (Å²) in [5, 5.41) is 0. The fourth-order valence-electron chi connectivity index (χ4n) is 6.11. The number of rotatable bonds is 6. The summed E-state index contributed by atoms with van der Waals surface area (Å²) in [5.74, 6) is 0. The first kappa shape index (κ1) is 27.2. The Morgan fingerprint density at radius 1 is 0.318 bits per heavy atom. The monoisotopic (exact) mass is 564 g/mol. The third kappa shape index (κ3) is 5.34. The molecule has 210 valence electrons. The van der Waals surface area contributed by atoms with Crippen LogP contribution in [0.4, 0.5) is 0 Å². The topological polar surface area (TPSA) is 25.8 Å². The molecular formula is C42H32N2. The van der Waals surface area contributed by atoms with Crippen LogP contribution in [0.1, 0.15) is 11.1 Å². The molecule has 7 aromatic rings. The third-order valence-corrected chi connectivity index (χ3v) is 8.29. The van der Waals surface area contributed by atoms with Gasteiger partial charge in [-0.15, -0.1) is 0 Å². The number of hydrogen-bond acceptors (Lipinski definition) is 2. The van der Waals surface area contributed by atoms with E-state index >= 15 is 0 Å². The molecule has 0 aliphatic heterocycles. The van der Waals surface area contributed by atoms with Gasteiger partial charge in [0.1, 0.15) is 0 Å². The first-order valence-electron chi connectivity index (χ1n) is 15.0. The van der Waals surface area contributed by atoms with Gasteiger partial charge < -0.3 is 0 Å². The van der Waals surface area contributed by atoms with Crippen LogP contribution in [0, 0.1) is 13.8 Å². The summed E-state index contributed by atoms with van der Waals surface area (Å²) in [6, 6.07) is 51.7. The van der Waals surface area contributed by atoms with Crippen molar-refractivity contribution < 1.29 is 0 Å². The maximum atomic E-state index is 4.55. The van der Waals surface area contributed by atoms with E-state index in [1.807, 2.05) is 36.7 Å². The molecule has 0 unspecified atom stereocenters. The second-order valence-electron chi connectivity index (χ2n) is 11.2. The van der Waals surface area contributed by atoms with Crippen LogP contribution in [0.15, 0.2) is 158 Å². The lowest BCUT2D eigenvalue weighted by molar-refractivity contribution is 1.32. The van der Waals surface area contributed by atoms with Crippen molar-refractivity contribution >= 4 is 0 Å². The van der Waals surface area contributed by atoms with Gasteiger partial charge in [0.05, 0.1) is 11.4 Å². The first-order chi connectivity index (χ1) is 21.7. The Morgan fingerprint density at radius 3 is 1.16 bits per heavy atom. The van der Waals surface area contributed by atoms with Gasteiger partial charge in [0.15, 0.2) is 0 Å². The summed E-state index contributed by atoms with van der Waals surface area (Å²) < 4.78 is 0. The molecule has 0 amide bonds. The lowest BCUT2D eigenvalue weighted by atomic mass is 9.88. The van der Waals surface area contributed by atoms with E-state index in [9.17, 15) is 0 Å². The van der Waals surface area contributed by atoms with Crippen LogP contribution in [0.25, 0.3) is 67.0 Å². The first-order valence-corrected chi connectivity index (χ1v) is 15.0. The van der Waals surface area contributed by atoms with Crippen molar-refractivity contribution in [1.82, 2.24) is 9.97 Å². The number of benzene rings is 5. The van der Waals surface area contributed by atoms with Crippen LogP contribution in [0.3, 0.4) is 0 Å². The molecule has 7 rings (SSSR count). The van der Waals surface area contributed by atoms with Crippen LogP contribution < -0.4 is 0 Å². The van der Waals surface area contributed by atoms with Gasteiger partial charge in [0.2, 0.25) is 0 Å². The molecular weight excluding hydrogens is 532 g/mol. The fourth-order valence-corrected chi connectivity index (χ4v) is 6.11. The van der Waals surface area contributed by atoms with Gasteiger partial charge in [0.25, 0.3) is 0 Å². The van der Waals surface area contributed by atoms with Crippen LogP contribution in [0.2, 0.25) is 0 Å². The Bertz CT molecular complexity index is 1930. The second-order valence-corrected chi connectivity index (χ2v) is 11.2. The van der Waals surface area contributed by atoms with Gasteiger partial charge >= 0.3 is 0 Å². The van der Waals surface area contributed by atoms with E-state index in [2.05, 4.69) is 145 Å². The Labute approximate surface area is 259 Å². The molecule has 0 N–H and O–H groups in total. The predicted molar refractivity (Wildman–Crippen MR) is 184 cm³/mol. The molecule has 0 saturated heterocycles. The third-order valence-electron chi connectivity index (χ3n) is 8.29. The molecule has 0 spiro atoms. The van der Waals surface area contributed by atoms with Crippen molar-refractivity contribution in [3.05, 3.63) is 169 Å². The number of aryl methyl sites for hydroxylation is 2. The highest BCUT2D eigenvalue weighted by Gasteiger charge is 2.14. The van der Waals surface area contributed by atoms with Gasteiger partial charge in [-0.2, -0.15) is 0 Å². The average Bonchev–Trinajstić information content (AvgIpc) is 3.09. The van der Waals surface area contributed by atoms with Crippen LogP contribution in [-0.2, 0) is 0 Å². The minimum absolute atomic E-state index is 0.989. The summed E-state index contributed by atoms with van der Waals surface area (Å²) in [7, 11) is 0. The van der Waals surface area contributed by atoms with E-state index in [0.717, 1.165) is 22.5 Å². The number of aromatic nitrogens is 2. The summed E-state index contributed by atoms with van der Waals surface area (Å²) in [6.45, 7) is 4.37. The summed E-state index contributed by atoms with van der Waals surface area (Å²) in [4.78, 5) is 9.09. The van der Waals surface area contributed by atoms with Crippen LogP contribution in [-0.4, -0.2) is 9.97 Å². The SMILES string of the molecule is Cc1cc(-c2ccccn2)ccc1-c1ccccc1-c1cccc(-c2ccccc2-c2ccc(-c3ccccn3)cc2C)c1. The Morgan fingerprint density at radius 2 is 0.750 bits per heavy atom. The molecule has 2 aromatic heterocycles. The number of pyridine rings is 2. The van der Waals surface area contributed by atoms with Crippen molar-refractivity contribution in [3.8, 4) is 67.0 Å². The van der Waals surface area contributed by atoms with E-state index in [0.29, 0.717) is 0 Å². The molecule has 2 heteroatoms. The van der Waals surface area contributed by atoms with Crippen molar-refractivity contribution in [3.63, 3.8) is 0 Å². The highest BCUT2D eigenvalue weighted by Crippen LogP contribution is 2.39. The zero-order valence-electron chi connectivity index (χ0n) is 24.9. The molecule has 2 nitrogen and oxygen atoms in total. The molecule has 0 saturated carbocycles. The molecule has 0 aliphatic carbocycles. The molecule has 0 atom stereocenters. The fraction of sp³-hybridized carbons (Fsp3) is 0.0476. The van der Waals surface area contributed by atoms with E-state index in [1.165, 1.54) is 55.6 Å². The van der Waals surface area contributed by atoms with E-state index in [1.54, 1.807) is 0 Å². The number of hydrogen-bond donors (Lipinski definition) is 0. The van der Waals surface area contributed by atoms with Gasteiger partial charge in [-0.1, -0.05) is 103 Å². The molecule has 0 fully saturated rings. The van der Waals surface area contributed by atoms with Gasteiger partial charge in [-0.05, 0) is 112 Å². The summed E-state index contributed by atoms with van der Waals surface area (Å²) >= 11 is 0. The Kier molecular flexibility index (Phi) is 7.40.